The molecule has 5 heteroatoms. The van der Waals surface area contributed by atoms with Gasteiger partial charge in [-0.1, -0.05) is 0 Å². The Morgan fingerprint density at radius 1 is 1.19 bits per heavy atom. The Balaban J connectivity index is 0.000000385. The van der Waals surface area contributed by atoms with Crippen LogP contribution < -0.4 is 5.32 Å². The lowest BCUT2D eigenvalue weighted by Gasteiger charge is -2.32. The van der Waals surface area contributed by atoms with E-state index in [2.05, 4.69) is 13.8 Å². The summed E-state index contributed by atoms with van der Waals surface area (Å²) in [7, 11) is 0. The molecule has 0 radical (unpaired) electrons. The zero-order chi connectivity index (χ0) is 12.3. The van der Waals surface area contributed by atoms with Gasteiger partial charge in [0.05, 0.1) is 19.6 Å². The number of rotatable bonds is 4. The van der Waals surface area contributed by atoms with Gasteiger partial charge in [-0.25, -0.2) is 5.32 Å². The Hall–Kier alpha value is -1.30. The smallest absolute Gasteiger partial charge is 0.190 e. The molecule has 0 aromatic heterocycles. The van der Waals surface area contributed by atoms with Crippen LogP contribution in [0.15, 0.2) is 0 Å². The molecule has 1 saturated heterocycles. The average molecular weight is 225 g/mol. The Bertz CT molecular complexity index is 236. The number of hydrogen-bond acceptors (Lipinski definition) is 4. The summed E-state index contributed by atoms with van der Waals surface area (Å²) in [5.41, 5.74) is 0. The summed E-state index contributed by atoms with van der Waals surface area (Å²) in [6.07, 6.45) is 5.59. The van der Waals surface area contributed by atoms with E-state index in [1.165, 1.54) is 49.3 Å². The van der Waals surface area contributed by atoms with Gasteiger partial charge in [0.2, 0.25) is 0 Å². The summed E-state index contributed by atoms with van der Waals surface area (Å²) in [6, 6.07) is 0. The molecular weight excluding hydrogens is 204 g/mol. The predicted molar refractivity (Wildman–Crippen MR) is 60.6 cm³/mol. The minimum absolute atomic E-state index is 0.861. The lowest BCUT2D eigenvalue weighted by molar-refractivity contribution is -0.933. The lowest BCUT2D eigenvalue weighted by atomic mass is 10.4. The van der Waals surface area contributed by atoms with Crippen molar-refractivity contribution in [1.82, 2.24) is 5.32 Å². The van der Waals surface area contributed by atoms with E-state index in [1.54, 1.807) is 5.32 Å². The first-order valence-electron chi connectivity index (χ1n) is 5.70. The normalized spacial score (nSPS) is 16.5. The second-order valence-electron chi connectivity index (χ2n) is 3.78. The molecule has 0 aromatic rings. The van der Waals surface area contributed by atoms with Crippen molar-refractivity contribution < 1.29 is 9.22 Å². The molecule has 0 unspecified atom stereocenters. The first-order chi connectivity index (χ1) is 7.74. The van der Waals surface area contributed by atoms with Crippen LogP contribution in [0, 0.1) is 22.9 Å². The average Bonchev–Trinajstić information content (AvgIpc) is 2.78. The number of quaternary nitrogens is 1. The third-order valence-electron chi connectivity index (χ3n) is 2.87. The summed E-state index contributed by atoms with van der Waals surface area (Å²) in [5, 5.41) is 16.7. The number of hydrogen-bond donors (Lipinski definition) is 1. The summed E-state index contributed by atoms with van der Waals surface area (Å²) < 4.78 is 6.69. The maximum Gasteiger partial charge on any atom is 0.190 e. The minimum Gasteiger partial charge on any atom is -0.332 e. The van der Waals surface area contributed by atoms with Crippen molar-refractivity contribution in [2.75, 3.05) is 33.0 Å². The van der Waals surface area contributed by atoms with E-state index in [-0.39, 0.29) is 0 Å². The van der Waals surface area contributed by atoms with E-state index in [9.17, 15) is 0 Å². The monoisotopic (exact) mass is 225 g/mol. The summed E-state index contributed by atoms with van der Waals surface area (Å²) >= 11 is 0. The number of nitrogens with zero attached hydrogens (tertiary/aromatic N) is 3. The zero-order valence-corrected chi connectivity index (χ0v) is 10.2. The second kappa shape index (κ2) is 8.96. The van der Waals surface area contributed by atoms with Gasteiger partial charge in [-0.15, -0.1) is 0 Å². The van der Waals surface area contributed by atoms with Crippen LogP contribution >= 0.6 is 0 Å². The summed E-state index contributed by atoms with van der Waals surface area (Å²) in [4.78, 5) is 0. The highest BCUT2D eigenvalue weighted by Crippen LogP contribution is 2.18. The van der Waals surface area contributed by atoms with Crippen molar-refractivity contribution in [1.29, 1.82) is 10.5 Å². The van der Waals surface area contributed by atoms with Crippen molar-refractivity contribution in [3.05, 3.63) is 0 Å². The van der Waals surface area contributed by atoms with Gasteiger partial charge in [0, 0.05) is 19.4 Å². The van der Waals surface area contributed by atoms with Crippen molar-refractivity contribution >= 4 is 0 Å². The number of nitriles is 2. The Morgan fingerprint density at radius 3 is 2.06 bits per heavy atom. The molecule has 0 aromatic carbocycles. The molecule has 0 amide bonds. The standard InChI is InChI=1S/C9H20NO.C2HN3/c1-3-10(9-11-4-2)7-5-6-8-10;3-1-5-2-4/h3-9H2,1-2H3;5H/q+1;. The fourth-order valence-electron chi connectivity index (χ4n) is 1.85. The van der Waals surface area contributed by atoms with E-state index in [4.69, 9.17) is 15.3 Å². The molecule has 0 aliphatic carbocycles. The molecule has 1 rings (SSSR count). The predicted octanol–water partition coefficient (Wildman–Crippen LogP) is 1.15. The molecule has 1 fully saturated rings. The molecule has 0 saturated carbocycles. The van der Waals surface area contributed by atoms with E-state index in [1.807, 2.05) is 0 Å². The van der Waals surface area contributed by atoms with Crippen LogP contribution in [0.5, 0.6) is 0 Å². The van der Waals surface area contributed by atoms with Gasteiger partial charge >= 0.3 is 0 Å². The first kappa shape index (κ1) is 14.7. The van der Waals surface area contributed by atoms with Crippen LogP contribution in [-0.2, 0) is 4.74 Å². The fraction of sp³-hybridized carbons (Fsp3) is 0.818. The molecule has 0 atom stereocenters. The highest BCUT2D eigenvalue weighted by Gasteiger charge is 2.29. The number of ether oxygens (including phenoxy) is 1. The summed E-state index contributed by atoms with van der Waals surface area (Å²) in [6.45, 7) is 10.0. The van der Waals surface area contributed by atoms with Crippen LogP contribution in [0.4, 0.5) is 0 Å². The molecule has 0 bridgehead atoms. The van der Waals surface area contributed by atoms with Gasteiger partial charge in [0.25, 0.3) is 0 Å². The second-order valence-corrected chi connectivity index (χ2v) is 3.78. The van der Waals surface area contributed by atoms with Crippen LogP contribution in [-0.4, -0.2) is 37.5 Å². The van der Waals surface area contributed by atoms with Gasteiger partial charge in [-0.3, -0.25) is 0 Å². The fourth-order valence-corrected chi connectivity index (χ4v) is 1.85. The SMILES string of the molecule is CCOC[N+]1(CC)CCCC1.N#CNC#N. The van der Waals surface area contributed by atoms with Gasteiger partial charge in [-0.05, 0) is 13.8 Å². The molecule has 5 nitrogen and oxygen atoms in total. The third kappa shape index (κ3) is 5.55. The van der Waals surface area contributed by atoms with Crippen LogP contribution in [0.1, 0.15) is 26.7 Å². The molecule has 16 heavy (non-hydrogen) atoms. The van der Waals surface area contributed by atoms with Gasteiger partial charge in [0.1, 0.15) is 0 Å². The molecule has 1 heterocycles. The Morgan fingerprint density at radius 2 is 1.75 bits per heavy atom. The van der Waals surface area contributed by atoms with E-state index < -0.39 is 0 Å². The molecule has 1 aliphatic heterocycles. The Labute approximate surface area is 97.8 Å². The highest BCUT2D eigenvalue weighted by atomic mass is 16.5. The van der Waals surface area contributed by atoms with Crippen molar-refractivity contribution in [3.8, 4) is 12.4 Å². The van der Waals surface area contributed by atoms with Crippen LogP contribution in [0.2, 0.25) is 0 Å². The quantitative estimate of drug-likeness (QED) is 0.442. The maximum atomic E-state index is 7.48. The topological polar surface area (TPSA) is 68.8 Å². The van der Waals surface area contributed by atoms with Gasteiger partial charge in [0.15, 0.2) is 19.1 Å². The summed E-state index contributed by atoms with van der Waals surface area (Å²) in [5.74, 6) is 0. The van der Waals surface area contributed by atoms with Crippen molar-refractivity contribution in [2.45, 2.75) is 26.7 Å². The lowest BCUT2D eigenvalue weighted by Crippen LogP contribution is -2.46. The molecule has 90 valence electrons. The molecular formula is C11H21N4O+. The Kier molecular flexibility index (Phi) is 8.24. The highest BCUT2D eigenvalue weighted by molar-refractivity contribution is 4.77. The molecule has 1 aliphatic rings. The van der Waals surface area contributed by atoms with Gasteiger partial charge in [-0.2, -0.15) is 10.5 Å². The largest absolute Gasteiger partial charge is 0.332 e. The zero-order valence-electron chi connectivity index (χ0n) is 10.2. The van der Waals surface area contributed by atoms with E-state index >= 15 is 0 Å². The van der Waals surface area contributed by atoms with E-state index in [0.29, 0.717) is 0 Å². The maximum absolute atomic E-state index is 7.48. The number of likely N-dealkylation sites (tertiary alicyclic amines) is 1. The van der Waals surface area contributed by atoms with Crippen LogP contribution in [0.25, 0.3) is 0 Å². The third-order valence-corrected chi connectivity index (χ3v) is 2.87. The van der Waals surface area contributed by atoms with Crippen LogP contribution in [0.3, 0.4) is 0 Å². The molecule has 1 N–H and O–H groups in total. The van der Waals surface area contributed by atoms with Crippen molar-refractivity contribution in [3.63, 3.8) is 0 Å². The molecule has 0 spiro atoms. The first-order valence-corrected chi connectivity index (χ1v) is 5.70. The van der Waals surface area contributed by atoms with Crippen molar-refractivity contribution in [2.24, 2.45) is 0 Å². The van der Waals surface area contributed by atoms with Gasteiger partial charge < -0.3 is 9.22 Å². The minimum atomic E-state index is 0.861. The number of nitrogens with one attached hydrogen (secondary N) is 1. The van der Waals surface area contributed by atoms with E-state index in [0.717, 1.165) is 13.3 Å².